The molecule has 1 fully saturated rings. The summed E-state index contributed by atoms with van der Waals surface area (Å²) in [5.74, 6) is 0.620. The number of nitrogens with one attached hydrogen (secondary N) is 1. The van der Waals surface area contributed by atoms with Crippen molar-refractivity contribution < 1.29 is 9.53 Å². The molecule has 0 aromatic carbocycles. The molecule has 0 aliphatic carbocycles. The van der Waals surface area contributed by atoms with Crippen LogP contribution in [0.2, 0.25) is 0 Å². The van der Waals surface area contributed by atoms with Crippen molar-refractivity contribution in [1.82, 2.24) is 5.32 Å². The van der Waals surface area contributed by atoms with Gasteiger partial charge in [-0.3, -0.25) is 4.79 Å². The van der Waals surface area contributed by atoms with Crippen LogP contribution in [0.3, 0.4) is 0 Å². The fourth-order valence-electron chi connectivity index (χ4n) is 1.75. The van der Waals surface area contributed by atoms with Crippen molar-refractivity contribution in [2.75, 3.05) is 11.9 Å². The lowest BCUT2D eigenvalue weighted by molar-refractivity contribution is -0.127. The molecule has 4 heteroatoms. The molecule has 1 saturated heterocycles. The van der Waals surface area contributed by atoms with Gasteiger partial charge in [-0.05, 0) is 19.3 Å². The Morgan fingerprint density at radius 2 is 2.27 bits per heavy atom. The lowest BCUT2D eigenvalue weighted by Gasteiger charge is -2.23. The predicted molar refractivity (Wildman–Crippen MR) is 64.1 cm³/mol. The zero-order chi connectivity index (χ0) is 11.4. The van der Waals surface area contributed by atoms with Crippen LogP contribution in [0.1, 0.15) is 27.2 Å². The van der Waals surface area contributed by atoms with Crippen LogP contribution in [0.15, 0.2) is 0 Å². The normalized spacial score (nSPS) is 28.1. The van der Waals surface area contributed by atoms with E-state index in [0.29, 0.717) is 12.5 Å². The van der Waals surface area contributed by atoms with E-state index in [1.165, 1.54) is 0 Å². The highest BCUT2D eigenvalue weighted by Crippen LogP contribution is 2.21. The van der Waals surface area contributed by atoms with Crippen molar-refractivity contribution in [1.29, 1.82) is 0 Å². The number of rotatable bonds is 4. The highest BCUT2D eigenvalue weighted by molar-refractivity contribution is 9.09. The van der Waals surface area contributed by atoms with Crippen LogP contribution < -0.4 is 5.32 Å². The monoisotopic (exact) mass is 277 g/mol. The summed E-state index contributed by atoms with van der Waals surface area (Å²) in [5, 5.41) is 3.88. The number of hydrogen-bond donors (Lipinski definition) is 1. The number of halogens is 1. The standard InChI is InChI=1S/C11H20BrNO2/c1-7(2)10(6-12)13-11(14)9-4-5-15-8(9)3/h7-10H,4-6H2,1-3H3,(H,13,14). The van der Waals surface area contributed by atoms with Crippen LogP contribution >= 0.6 is 15.9 Å². The Kier molecular flexibility index (Phi) is 5.06. The van der Waals surface area contributed by atoms with Crippen LogP contribution in [0, 0.1) is 11.8 Å². The van der Waals surface area contributed by atoms with Gasteiger partial charge in [0, 0.05) is 18.0 Å². The van der Waals surface area contributed by atoms with Gasteiger partial charge in [0.1, 0.15) is 0 Å². The molecule has 1 rings (SSSR count). The van der Waals surface area contributed by atoms with Crippen LogP contribution in [-0.2, 0) is 9.53 Å². The van der Waals surface area contributed by atoms with Gasteiger partial charge < -0.3 is 10.1 Å². The third-order valence-corrected chi connectivity index (χ3v) is 3.71. The van der Waals surface area contributed by atoms with Gasteiger partial charge in [-0.15, -0.1) is 0 Å². The van der Waals surface area contributed by atoms with Crippen molar-refractivity contribution in [3.8, 4) is 0 Å². The summed E-state index contributed by atoms with van der Waals surface area (Å²) in [6, 6.07) is 0.213. The summed E-state index contributed by atoms with van der Waals surface area (Å²) in [6.45, 7) is 6.90. The number of alkyl halides is 1. The molecule has 0 bridgehead atoms. The molecular weight excluding hydrogens is 258 g/mol. The predicted octanol–water partition coefficient (Wildman–Crippen LogP) is 1.95. The first kappa shape index (κ1) is 13.0. The maximum absolute atomic E-state index is 11.9. The molecule has 1 N–H and O–H groups in total. The van der Waals surface area contributed by atoms with E-state index in [4.69, 9.17) is 4.74 Å². The average molecular weight is 278 g/mol. The molecule has 3 atom stereocenters. The minimum absolute atomic E-state index is 0.0327. The molecule has 88 valence electrons. The Balaban J connectivity index is 2.46. The highest BCUT2D eigenvalue weighted by atomic mass is 79.9. The first-order valence-electron chi connectivity index (χ1n) is 5.54. The molecule has 1 heterocycles. The fraction of sp³-hybridized carbons (Fsp3) is 0.909. The van der Waals surface area contributed by atoms with Crippen LogP contribution in [0.4, 0.5) is 0 Å². The van der Waals surface area contributed by atoms with E-state index in [-0.39, 0.29) is 24.0 Å². The van der Waals surface area contributed by atoms with Gasteiger partial charge in [0.15, 0.2) is 0 Å². The van der Waals surface area contributed by atoms with Gasteiger partial charge in [0.05, 0.1) is 12.0 Å². The van der Waals surface area contributed by atoms with Gasteiger partial charge >= 0.3 is 0 Å². The molecule has 0 spiro atoms. The van der Waals surface area contributed by atoms with Crippen LogP contribution in [-0.4, -0.2) is 30.0 Å². The average Bonchev–Trinajstić information content (AvgIpc) is 2.60. The third-order valence-electron chi connectivity index (χ3n) is 3.01. The topological polar surface area (TPSA) is 38.3 Å². The fourth-order valence-corrected chi connectivity index (χ4v) is 2.66. The summed E-state index contributed by atoms with van der Waals surface area (Å²) in [4.78, 5) is 11.9. The van der Waals surface area contributed by atoms with E-state index in [1.807, 2.05) is 6.92 Å². The molecule has 0 radical (unpaired) electrons. The van der Waals surface area contributed by atoms with Gasteiger partial charge in [-0.2, -0.15) is 0 Å². The SMILES string of the molecule is CC(C)C(CBr)NC(=O)C1CCOC1C. The largest absolute Gasteiger partial charge is 0.378 e. The molecule has 0 aromatic rings. The summed E-state index contributed by atoms with van der Waals surface area (Å²) in [7, 11) is 0. The van der Waals surface area contributed by atoms with Crippen LogP contribution in [0.25, 0.3) is 0 Å². The van der Waals surface area contributed by atoms with Crippen molar-refractivity contribution in [2.24, 2.45) is 11.8 Å². The van der Waals surface area contributed by atoms with E-state index in [1.54, 1.807) is 0 Å². The summed E-state index contributed by atoms with van der Waals surface area (Å²) in [6.07, 6.45) is 0.910. The first-order valence-corrected chi connectivity index (χ1v) is 6.66. The quantitative estimate of drug-likeness (QED) is 0.798. The summed E-state index contributed by atoms with van der Waals surface area (Å²) >= 11 is 3.42. The Morgan fingerprint density at radius 3 is 2.67 bits per heavy atom. The molecule has 1 aliphatic heterocycles. The van der Waals surface area contributed by atoms with E-state index in [9.17, 15) is 4.79 Å². The number of ether oxygens (including phenoxy) is 1. The maximum Gasteiger partial charge on any atom is 0.226 e. The van der Waals surface area contributed by atoms with Gasteiger partial charge in [-0.1, -0.05) is 29.8 Å². The maximum atomic E-state index is 11.9. The molecule has 0 aromatic heterocycles. The number of carbonyl (C=O) groups excluding carboxylic acids is 1. The minimum Gasteiger partial charge on any atom is -0.378 e. The number of hydrogen-bond acceptors (Lipinski definition) is 2. The minimum atomic E-state index is 0.0327. The van der Waals surface area contributed by atoms with Gasteiger partial charge in [-0.25, -0.2) is 0 Å². The second kappa shape index (κ2) is 5.85. The molecule has 1 amide bonds. The molecule has 1 aliphatic rings. The Bertz CT molecular complexity index is 221. The zero-order valence-electron chi connectivity index (χ0n) is 9.63. The highest BCUT2D eigenvalue weighted by Gasteiger charge is 2.31. The molecule has 0 saturated carbocycles. The van der Waals surface area contributed by atoms with Gasteiger partial charge in [0.2, 0.25) is 5.91 Å². The zero-order valence-corrected chi connectivity index (χ0v) is 11.2. The first-order chi connectivity index (χ1) is 7.06. The second-order valence-electron chi connectivity index (χ2n) is 4.48. The summed E-state index contributed by atoms with van der Waals surface area (Å²) < 4.78 is 5.39. The lowest BCUT2D eigenvalue weighted by atomic mass is 10.00. The Morgan fingerprint density at radius 1 is 1.60 bits per heavy atom. The number of carbonyl (C=O) groups is 1. The van der Waals surface area contributed by atoms with Crippen LogP contribution in [0.5, 0.6) is 0 Å². The van der Waals surface area contributed by atoms with E-state index < -0.39 is 0 Å². The van der Waals surface area contributed by atoms with E-state index in [0.717, 1.165) is 11.8 Å². The van der Waals surface area contributed by atoms with Gasteiger partial charge in [0.25, 0.3) is 0 Å². The Hall–Kier alpha value is -0.0900. The smallest absolute Gasteiger partial charge is 0.226 e. The second-order valence-corrected chi connectivity index (χ2v) is 5.13. The third kappa shape index (κ3) is 3.45. The van der Waals surface area contributed by atoms with Crippen molar-refractivity contribution >= 4 is 21.8 Å². The molecule has 3 unspecified atom stereocenters. The van der Waals surface area contributed by atoms with Crippen molar-refractivity contribution in [3.63, 3.8) is 0 Å². The number of amides is 1. The van der Waals surface area contributed by atoms with E-state index in [2.05, 4.69) is 35.1 Å². The van der Waals surface area contributed by atoms with Crippen molar-refractivity contribution in [2.45, 2.75) is 39.3 Å². The molecule has 15 heavy (non-hydrogen) atoms. The molecular formula is C11H20BrNO2. The van der Waals surface area contributed by atoms with Crippen molar-refractivity contribution in [3.05, 3.63) is 0 Å². The summed E-state index contributed by atoms with van der Waals surface area (Å²) in [5.41, 5.74) is 0. The lowest BCUT2D eigenvalue weighted by Crippen LogP contribution is -2.44. The molecule has 3 nitrogen and oxygen atoms in total. The Labute approximate surface area is 100 Å². The van der Waals surface area contributed by atoms with E-state index >= 15 is 0 Å².